The van der Waals surface area contributed by atoms with Crippen molar-refractivity contribution < 1.29 is 0 Å². The van der Waals surface area contributed by atoms with Crippen LogP contribution in [0.2, 0.25) is 0 Å². The van der Waals surface area contributed by atoms with Crippen LogP contribution in [0.25, 0.3) is 11.1 Å². The van der Waals surface area contributed by atoms with E-state index in [9.17, 15) is 0 Å². The second-order valence-electron chi connectivity index (χ2n) is 7.12. The van der Waals surface area contributed by atoms with E-state index in [1.54, 1.807) is 6.08 Å². The summed E-state index contributed by atoms with van der Waals surface area (Å²) in [7, 11) is 0. The monoisotopic (exact) mass is 412 g/mol. The number of allylic oxidation sites excluding steroid dienone is 8. The van der Waals surface area contributed by atoms with Crippen LogP contribution >= 0.6 is 0 Å². The third-order valence-corrected chi connectivity index (χ3v) is 4.61. The molecule has 2 aromatic rings. The van der Waals surface area contributed by atoms with Crippen LogP contribution in [-0.2, 0) is 0 Å². The molecule has 0 spiro atoms. The van der Waals surface area contributed by atoms with Crippen LogP contribution in [0.5, 0.6) is 0 Å². The molecule has 0 aliphatic carbocycles. The van der Waals surface area contributed by atoms with E-state index in [1.165, 1.54) is 23.1 Å². The number of rotatable bonds is 8. The first-order valence-electron chi connectivity index (χ1n) is 11.0. The lowest BCUT2D eigenvalue weighted by atomic mass is 9.96. The van der Waals surface area contributed by atoms with Crippen molar-refractivity contribution in [2.75, 3.05) is 0 Å². The maximum atomic E-state index is 3.87. The zero-order chi connectivity index (χ0) is 23.6. The number of benzene rings is 2. The van der Waals surface area contributed by atoms with E-state index >= 15 is 0 Å². The second-order valence-corrected chi connectivity index (χ2v) is 7.12. The molecule has 2 rings (SSSR count). The lowest BCUT2D eigenvalue weighted by Gasteiger charge is -2.09. The van der Waals surface area contributed by atoms with Gasteiger partial charge in [0, 0.05) is 0 Å². The van der Waals surface area contributed by atoms with Crippen LogP contribution in [0.3, 0.4) is 0 Å². The molecule has 0 radical (unpaired) electrons. The Morgan fingerprint density at radius 2 is 1.32 bits per heavy atom. The molecule has 0 N–H and O–H groups in total. The van der Waals surface area contributed by atoms with Crippen molar-refractivity contribution in [3.05, 3.63) is 134 Å². The fourth-order valence-corrected chi connectivity index (χ4v) is 2.51. The molecule has 164 valence electrons. The fourth-order valence-electron chi connectivity index (χ4n) is 2.51. The van der Waals surface area contributed by atoms with Gasteiger partial charge in [-0.1, -0.05) is 145 Å². The molecule has 0 aromatic heterocycles. The van der Waals surface area contributed by atoms with Gasteiger partial charge in [0.2, 0.25) is 0 Å². The molecule has 1 unspecified atom stereocenters. The highest BCUT2D eigenvalue weighted by atomic mass is 14.1. The van der Waals surface area contributed by atoms with E-state index < -0.39 is 0 Å². The smallest absolute Gasteiger partial charge is 0.0184 e. The summed E-state index contributed by atoms with van der Waals surface area (Å²) in [6.45, 7) is 25.5. The lowest BCUT2D eigenvalue weighted by Crippen LogP contribution is -1.90. The predicted octanol–water partition coefficient (Wildman–Crippen LogP) is 9.87. The van der Waals surface area contributed by atoms with Crippen molar-refractivity contribution in [2.24, 2.45) is 0 Å². The fraction of sp³-hybridized carbons (Fsp3) is 0.226. The summed E-state index contributed by atoms with van der Waals surface area (Å²) < 4.78 is 0. The minimum atomic E-state index is 0.657. The van der Waals surface area contributed by atoms with E-state index in [4.69, 9.17) is 0 Å². The van der Waals surface area contributed by atoms with E-state index in [2.05, 4.69) is 94.8 Å². The number of hydrogen-bond acceptors (Lipinski definition) is 0. The molecule has 0 nitrogen and oxygen atoms in total. The minimum absolute atomic E-state index is 0.657. The Labute approximate surface area is 191 Å². The van der Waals surface area contributed by atoms with Crippen molar-refractivity contribution in [1.82, 2.24) is 0 Å². The Bertz CT molecular complexity index is 858. The zero-order valence-electron chi connectivity index (χ0n) is 20.2. The molecule has 0 fully saturated rings. The highest BCUT2D eigenvalue weighted by Crippen LogP contribution is 2.23. The standard InChI is InChI=1S/C16H18.C13H16.C2H6/c1-3-13(2)14-9-11-16(12-10-14)15-7-5-4-6-8-15;1-6-7-8-12(4)13(5)10-9-11(2)3;1-2/h4-13H,3H2,1-2H3;6-10H,1-2,4-5H2,3H3;1-2H3/b;8-7-,10-9-;. The Hall–Kier alpha value is -3.12. The van der Waals surface area contributed by atoms with Gasteiger partial charge < -0.3 is 0 Å². The lowest BCUT2D eigenvalue weighted by molar-refractivity contribution is 0.734. The second kappa shape index (κ2) is 16.7. The van der Waals surface area contributed by atoms with Crippen LogP contribution < -0.4 is 0 Å². The molecule has 1 atom stereocenters. The van der Waals surface area contributed by atoms with Gasteiger partial charge in [0.15, 0.2) is 0 Å². The van der Waals surface area contributed by atoms with Crippen LogP contribution in [0.1, 0.15) is 52.5 Å². The molecule has 0 bridgehead atoms. The third kappa shape index (κ3) is 11.6. The molecule has 0 aliphatic rings. The minimum Gasteiger partial charge on any atom is -0.0991 e. The average molecular weight is 413 g/mol. The summed E-state index contributed by atoms with van der Waals surface area (Å²) in [6, 6.07) is 19.4. The quantitative estimate of drug-likeness (QED) is 0.378. The summed E-state index contributed by atoms with van der Waals surface area (Å²) in [5.74, 6) is 0.657. The normalized spacial score (nSPS) is 11.0. The molecule has 0 heterocycles. The summed E-state index contributed by atoms with van der Waals surface area (Å²) in [5.41, 5.74) is 6.80. The largest absolute Gasteiger partial charge is 0.0991 e. The highest BCUT2D eigenvalue weighted by molar-refractivity contribution is 5.63. The highest BCUT2D eigenvalue weighted by Gasteiger charge is 2.02. The molecule has 31 heavy (non-hydrogen) atoms. The molecule has 2 aromatic carbocycles. The molecule has 0 amide bonds. The molecule has 0 aliphatic heterocycles. The van der Waals surface area contributed by atoms with E-state index in [1.807, 2.05) is 45.1 Å². The van der Waals surface area contributed by atoms with Crippen molar-refractivity contribution in [3.8, 4) is 11.1 Å². The molecular formula is C31H40. The Balaban J connectivity index is 0.000000550. The first-order valence-corrected chi connectivity index (χ1v) is 11.0. The van der Waals surface area contributed by atoms with Crippen LogP contribution in [0.4, 0.5) is 0 Å². The van der Waals surface area contributed by atoms with Gasteiger partial charge in [-0.3, -0.25) is 0 Å². The van der Waals surface area contributed by atoms with Gasteiger partial charge in [-0.25, -0.2) is 0 Å². The zero-order valence-corrected chi connectivity index (χ0v) is 20.2. The topological polar surface area (TPSA) is 0 Å². The van der Waals surface area contributed by atoms with Crippen molar-refractivity contribution in [3.63, 3.8) is 0 Å². The van der Waals surface area contributed by atoms with Crippen molar-refractivity contribution in [2.45, 2.75) is 47.0 Å². The average Bonchev–Trinajstić information content (AvgIpc) is 2.82. The maximum absolute atomic E-state index is 3.87. The van der Waals surface area contributed by atoms with E-state index in [0.717, 1.165) is 16.7 Å². The van der Waals surface area contributed by atoms with Crippen molar-refractivity contribution in [1.29, 1.82) is 0 Å². The summed E-state index contributed by atoms with van der Waals surface area (Å²) >= 11 is 0. The van der Waals surface area contributed by atoms with Gasteiger partial charge in [-0.2, -0.15) is 0 Å². The van der Waals surface area contributed by atoms with Gasteiger partial charge >= 0.3 is 0 Å². The van der Waals surface area contributed by atoms with Gasteiger partial charge in [0.1, 0.15) is 0 Å². The Kier molecular flexibility index (Phi) is 15.0. The Morgan fingerprint density at radius 3 is 1.81 bits per heavy atom. The molecule has 0 saturated carbocycles. The van der Waals surface area contributed by atoms with Crippen LogP contribution in [0, 0.1) is 0 Å². The van der Waals surface area contributed by atoms with Gasteiger partial charge in [0.05, 0.1) is 0 Å². The van der Waals surface area contributed by atoms with E-state index in [-0.39, 0.29) is 0 Å². The van der Waals surface area contributed by atoms with Crippen LogP contribution in [-0.4, -0.2) is 0 Å². The molecule has 0 heteroatoms. The van der Waals surface area contributed by atoms with Gasteiger partial charge in [-0.05, 0) is 47.1 Å². The van der Waals surface area contributed by atoms with E-state index in [0.29, 0.717) is 5.92 Å². The van der Waals surface area contributed by atoms with Gasteiger partial charge in [-0.15, -0.1) is 0 Å². The summed E-state index contributed by atoms with van der Waals surface area (Å²) in [4.78, 5) is 0. The first-order chi connectivity index (χ1) is 14.9. The summed E-state index contributed by atoms with van der Waals surface area (Å²) in [6.07, 6.45) is 10.4. The van der Waals surface area contributed by atoms with Gasteiger partial charge in [0.25, 0.3) is 0 Å². The maximum Gasteiger partial charge on any atom is -0.0184 e. The third-order valence-electron chi connectivity index (χ3n) is 4.61. The van der Waals surface area contributed by atoms with Crippen LogP contribution in [0.15, 0.2) is 128 Å². The predicted molar refractivity (Wildman–Crippen MR) is 144 cm³/mol. The molecule has 0 saturated heterocycles. The first kappa shape index (κ1) is 27.9. The Morgan fingerprint density at radius 1 is 0.806 bits per heavy atom. The molecular weight excluding hydrogens is 372 g/mol. The number of hydrogen-bond donors (Lipinski definition) is 0. The summed E-state index contributed by atoms with van der Waals surface area (Å²) in [5, 5.41) is 0. The SMILES string of the molecule is C=C/C=C\C(=C)C(=C)/C=C\C(=C)C.CC.CCC(C)c1ccc(-c2ccccc2)cc1. The van der Waals surface area contributed by atoms with Crippen molar-refractivity contribution >= 4 is 0 Å².